The van der Waals surface area contributed by atoms with Gasteiger partial charge in [0.2, 0.25) is 0 Å². The minimum absolute atomic E-state index is 0.0925. The van der Waals surface area contributed by atoms with Crippen molar-refractivity contribution >= 4 is 42.9 Å². The van der Waals surface area contributed by atoms with Crippen LogP contribution in [0.4, 0.5) is 4.79 Å². The first kappa shape index (κ1) is 26.4. The van der Waals surface area contributed by atoms with Crippen LogP contribution in [-0.4, -0.2) is 48.5 Å². The number of ether oxygens (including phenoxy) is 2. The number of β-lactam (4-membered cyclic amide) rings is 1. The third-order valence-electron chi connectivity index (χ3n) is 7.81. The largest absolute Gasteiger partial charge is 0.529 e. The molecular weight excluding hydrogens is 549 g/mol. The summed E-state index contributed by atoms with van der Waals surface area (Å²) in [5.41, 5.74) is 1.99. The van der Waals surface area contributed by atoms with E-state index in [1.807, 2.05) is 37.4 Å². The molecule has 2 aliphatic rings. The Balaban J connectivity index is 1.81. The summed E-state index contributed by atoms with van der Waals surface area (Å²) in [7, 11) is -0.257. The van der Waals surface area contributed by atoms with E-state index < -0.39 is 14.4 Å². The Bertz CT molecular complexity index is 892. The summed E-state index contributed by atoms with van der Waals surface area (Å²) >= 11 is 2.31. The van der Waals surface area contributed by atoms with Gasteiger partial charge in [0.15, 0.2) is 14.2 Å². The number of amides is 2. The number of alkyl halides is 1. The van der Waals surface area contributed by atoms with Gasteiger partial charge in [-0.3, -0.25) is 0 Å². The van der Waals surface area contributed by atoms with Gasteiger partial charge in [0, 0.05) is 15.9 Å². The maximum Gasteiger partial charge on any atom is 0.529 e. The molecule has 2 aliphatic heterocycles. The highest BCUT2D eigenvalue weighted by molar-refractivity contribution is 14.1. The molecule has 0 aromatic heterocycles. The Hall–Kier alpha value is -1.23. The van der Waals surface area contributed by atoms with E-state index in [9.17, 15) is 9.59 Å². The van der Waals surface area contributed by atoms with Crippen LogP contribution < -0.4 is 4.74 Å². The van der Waals surface area contributed by atoms with Crippen molar-refractivity contribution < 1.29 is 28.0 Å². The molecule has 0 bridgehead atoms. The van der Waals surface area contributed by atoms with Crippen LogP contribution in [0, 0.1) is 11.8 Å². The van der Waals surface area contributed by atoms with Gasteiger partial charge in [0.1, 0.15) is 24.6 Å². The van der Waals surface area contributed by atoms with Crippen LogP contribution in [0.25, 0.3) is 0 Å². The molecule has 0 saturated carbocycles. The molecule has 0 aliphatic carbocycles. The molecule has 6 nitrogen and oxygen atoms in total. The number of carbonyl (C=O) groups excluding carboxylic acids is 2. The molecule has 1 aromatic carbocycles. The molecule has 0 N–H and O–H groups in total. The number of nitrogens with zero attached hydrogens (tertiary/aromatic N) is 1. The zero-order valence-corrected chi connectivity index (χ0v) is 23.8. The normalized spacial score (nSPS) is 27.4. The summed E-state index contributed by atoms with van der Waals surface area (Å²) in [6.07, 6.45) is 1.17. The van der Waals surface area contributed by atoms with E-state index >= 15 is 0 Å². The fraction of sp³-hybridized carbons (Fsp3) is 0.600. The second-order valence-corrected chi connectivity index (χ2v) is 14.7. The average molecular weight is 587 g/mol. The molecule has 2 unspecified atom stereocenters. The number of hydrogen-bond donors (Lipinski definition) is 0. The molecular formula is C25H37INO5Si+. The number of hydrogen-bond acceptors (Lipinski definition) is 5. The van der Waals surface area contributed by atoms with E-state index in [0.29, 0.717) is 0 Å². The van der Waals surface area contributed by atoms with E-state index in [1.165, 1.54) is 0 Å². The van der Waals surface area contributed by atoms with Gasteiger partial charge in [0.05, 0.1) is 13.2 Å². The predicted molar refractivity (Wildman–Crippen MR) is 140 cm³/mol. The third kappa shape index (κ3) is 4.55. The molecule has 1 fully saturated rings. The number of quaternary nitrogens is 1. The summed E-state index contributed by atoms with van der Waals surface area (Å²) in [5.74, 6) is 0.493. The van der Waals surface area contributed by atoms with Crippen molar-refractivity contribution in [2.24, 2.45) is 11.8 Å². The maximum absolute atomic E-state index is 13.6. The van der Waals surface area contributed by atoms with Crippen LogP contribution in [0.1, 0.15) is 40.2 Å². The molecule has 33 heavy (non-hydrogen) atoms. The number of carbonyl (C=O) groups is 2. The molecule has 2 amide bonds. The van der Waals surface area contributed by atoms with Gasteiger partial charge in [-0.25, -0.2) is 4.79 Å². The van der Waals surface area contributed by atoms with Crippen LogP contribution in [0.5, 0.6) is 5.75 Å². The summed E-state index contributed by atoms with van der Waals surface area (Å²) in [6, 6.07) is 10.3. The monoisotopic (exact) mass is 586 g/mol. The zero-order chi connectivity index (χ0) is 24.4. The summed E-state index contributed by atoms with van der Waals surface area (Å²) < 4.78 is 18.0. The van der Waals surface area contributed by atoms with Crippen molar-refractivity contribution in [3.63, 3.8) is 0 Å². The fourth-order valence-electron chi connectivity index (χ4n) is 5.46. The standard InChI is InChI=1S/C25H37INO5Si/c1-7-33(8-2,9-3)32-18(5)22-23-17(4)20(14-26)15-27(23,24(22)28)25(29)31-16-19-10-12-21(30-6)13-11-19/h10-13,15,17-18,22-23H,7-9,14,16H2,1-6H3/q+1/t17-,18?,22+,23-,27?/m0/s1. The second-order valence-electron chi connectivity index (χ2n) is 9.23. The molecule has 0 radical (unpaired) electrons. The Morgan fingerprint density at radius 2 is 1.76 bits per heavy atom. The summed E-state index contributed by atoms with van der Waals surface area (Å²) in [5, 5.41) is 0. The van der Waals surface area contributed by atoms with Crippen LogP contribution in [0.3, 0.4) is 0 Å². The minimum atomic E-state index is -1.87. The minimum Gasteiger partial charge on any atom is -0.497 e. The van der Waals surface area contributed by atoms with Crippen molar-refractivity contribution in [1.82, 2.24) is 0 Å². The lowest BCUT2D eigenvalue weighted by atomic mass is 9.76. The Labute approximate surface area is 212 Å². The highest BCUT2D eigenvalue weighted by atomic mass is 127. The number of methoxy groups -OCH3 is 1. The van der Waals surface area contributed by atoms with E-state index in [-0.39, 0.29) is 41.0 Å². The molecule has 8 heteroatoms. The first-order valence-corrected chi connectivity index (χ1v) is 16.0. The Morgan fingerprint density at radius 1 is 1.15 bits per heavy atom. The van der Waals surface area contributed by atoms with Gasteiger partial charge < -0.3 is 13.9 Å². The van der Waals surface area contributed by atoms with Gasteiger partial charge >= 0.3 is 12.0 Å². The van der Waals surface area contributed by atoms with Crippen molar-refractivity contribution in [3.05, 3.63) is 41.6 Å². The number of imide groups is 1. The number of fused-ring (bicyclic) bond motifs is 1. The van der Waals surface area contributed by atoms with Crippen molar-refractivity contribution in [3.8, 4) is 5.75 Å². The lowest BCUT2D eigenvalue weighted by molar-refractivity contribution is -0.798. The van der Waals surface area contributed by atoms with Gasteiger partial charge in [0.25, 0.3) is 0 Å². The van der Waals surface area contributed by atoms with Gasteiger partial charge in [-0.1, -0.05) is 62.4 Å². The van der Waals surface area contributed by atoms with Crippen LogP contribution >= 0.6 is 22.6 Å². The zero-order valence-electron chi connectivity index (χ0n) is 20.6. The molecule has 1 saturated heterocycles. The Kier molecular flexibility index (Phi) is 8.45. The highest BCUT2D eigenvalue weighted by Gasteiger charge is 2.75. The predicted octanol–water partition coefficient (Wildman–Crippen LogP) is 6.05. The van der Waals surface area contributed by atoms with Crippen LogP contribution in [0.15, 0.2) is 36.0 Å². The van der Waals surface area contributed by atoms with E-state index in [0.717, 1.165) is 39.4 Å². The fourth-order valence-corrected chi connectivity index (χ4v) is 9.29. The smallest absolute Gasteiger partial charge is 0.497 e. The lowest BCUT2D eigenvalue weighted by Gasteiger charge is -2.49. The average Bonchev–Trinajstić information content (AvgIpc) is 3.10. The lowest BCUT2D eigenvalue weighted by Crippen LogP contribution is -2.76. The first-order chi connectivity index (χ1) is 15.7. The third-order valence-corrected chi connectivity index (χ3v) is 13.4. The number of rotatable bonds is 10. The van der Waals surface area contributed by atoms with E-state index in [4.69, 9.17) is 13.9 Å². The second kappa shape index (κ2) is 10.6. The number of halogens is 1. The number of benzene rings is 1. The van der Waals surface area contributed by atoms with Gasteiger partial charge in [-0.2, -0.15) is 4.79 Å². The quantitative estimate of drug-likeness (QED) is 0.110. The summed E-state index contributed by atoms with van der Waals surface area (Å²) in [6.45, 7) is 10.9. The molecule has 0 spiro atoms. The van der Waals surface area contributed by atoms with Crippen molar-refractivity contribution in [2.45, 2.75) is 71.5 Å². The maximum atomic E-state index is 13.6. The molecule has 182 valence electrons. The SMILES string of the molecule is CC[Si](CC)(CC)OC(C)[C@H]1C(=O)[N+]2(C(=O)OCc3ccc(OC)cc3)C=C(CI)[C@H](C)[C@@H]12. The first-order valence-electron chi connectivity index (χ1n) is 11.9. The molecule has 2 heterocycles. The molecule has 1 aromatic rings. The van der Waals surface area contributed by atoms with Crippen molar-refractivity contribution in [2.75, 3.05) is 11.5 Å². The van der Waals surface area contributed by atoms with Gasteiger partial charge in [-0.05, 0) is 42.8 Å². The molecule has 3 rings (SSSR count). The summed E-state index contributed by atoms with van der Waals surface area (Å²) in [4.78, 5) is 27.0. The van der Waals surface area contributed by atoms with E-state index in [2.05, 4.69) is 50.3 Å². The van der Waals surface area contributed by atoms with Crippen LogP contribution in [0.2, 0.25) is 18.1 Å². The topological polar surface area (TPSA) is 61.8 Å². The van der Waals surface area contributed by atoms with Crippen molar-refractivity contribution in [1.29, 1.82) is 0 Å². The van der Waals surface area contributed by atoms with E-state index in [1.54, 1.807) is 7.11 Å². The van der Waals surface area contributed by atoms with Crippen LogP contribution in [-0.2, 0) is 20.6 Å². The molecule has 5 atom stereocenters. The highest BCUT2D eigenvalue weighted by Crippen LogP contribution is 2.52. The van der Waals surface area contributed by atoms with Gasteiger partial charge in [-0.15, -0.1) is 4.48 Å². The Morgan fingerprint density at radius 3 is 2.27 bits per heavy atom.